The van der Waals surface area contributed by atoms with Gasteiger partial charge in [-0.25, -0.2) is 0 Å². The molecule has 1 atom stereocenters. The predicted molar refractivity (Wildman–Crippen MR) is 73.1 cm³/mol. The van der Waals surface area contributed by atoms with E-state index in [0.717, 1.165) is 30.4 Å². The molecule has 1 amide bonds. The van der Waals surface area contributed by atoms with E-state index in [9.17, 15) is 4.79 Å². The number of amides is 1. The molecule has 2 aromatic rings. The van der Waals surface area contributed by atoms with Crippen molar-refractivity contribution in [1.29, 1.82) is 0 Å². The van der Waals surface area contributed by atoms with E-state index in [1.807, 2.05) is 30.3 Å². The number of nitrogens with zero attached hydrogens (tertiary/aromatic N) is 1. The van der Waals surface area contributed by atoms with E-state index in [1.54, 1.807) is 6.20 Å². The van der Waals surface area contributed by atoms with Gasteiger partial charge in [-0.3, -0.25) is 9.78 Å². The van der Waals surface area contributed by atoms with Gasteiger partial charge in [-0.05, 0) is 25.0 Å². The monoisotopic (exact) mass is 256 g/mol. The minimum absolute atomic E-state index is 0.0891. The Labute approximate surface area is 111 Å². The highest BCUT2D eigenvalue weighted by Crippen LogP contribution is 2.13. The first-order valence-corrected chi connectivity index (χ1v) is 6.57. The number of hydrogen-bond donors (Lipinski definition) is 1. The van der Waals surface area contributed by atoms with Crippen LogP contribution in [0.1, 0.15) is 23.2 Å². The quantitative estimate of drug-likeness (QED) is 0.915. The zero-order valence-electron chi connectivity index (χ0n) is 10.6. The molecule has 0 spiro atoms. The zero-order valence-corrected chi connectivity index (χ0v) is 10.6. The van der Waals surface area contributed by atoms with E-state index in [1.165, 1.54) is 0 Å². The molecule has 0 radical (unpaired) electrons. The van der Waals surface area contributed by atoms with E-state index in [4.69, 9.17) is 4.74 Å². The lowest BCUT2D eigenvalue weighted by Gasteiger charge is -2.10. The Morgan fingerprint density at radius 2 is 2.32 bits per heavy atom. The summed E-state index contributed by atoms with van der Waals surface area (Å²) in [6, 6.07) is 9.64. The molecule has 1 unspecified atom stereocenters. The first kappa shape index (κ1) is 12.1. The molecule has 1 N–H and O–H groups in total. The van der Waals surface area contributed by atoms with Crippen LogP contribution in [0.25, 0.3) is 10.9 Å². The molecular weight excluding hydrogens is 240 g/mol. The Morgan fingerprint density at radius 3 is 3.16 bits per heavy atom. The van der Waals surface area contributed by atoms with Crippen molar-refractivity contribution in [3.8, 4) is 0 Å². The Kier molecular flexibility index (Phi) is 3.42. The van der Waals surface area contributed by atoms with Crippen molar-refractivity contribution in [3.63, 3.8) is 0 Å². The Hall–Kier alpha value is -1.94. The number of carbonyl (C=O) groups is 1. The number of hydrogen-bond acceptors (Lipinski definition) is 3. The van der Waals surface area contributed by atoms with Gasteiger partial charge in [0.15, 0.2) is 0 Å². The zero-order chi connectivity index (χ0) is 13.1. The molecule has 4 heteroatoms. The number of ether oxygens (including phenoxy) is 1. The number of carbonyl (C=O) groups excluding carboxylic acids is 1. The molecule has 1 fully saturated rings. The van der Waals surface area contributed by atoms with Crippen molar-refractivity contribution in [1.82, 2.24) is 10.3 Å². The first-order valence-electron chi connectivity index (χ1n) is 6.57. The van der Waals surface area contributed by atoms with E-state index >= 15 is 0 Å². The molecule has 2 heterocycles. The topological polar surface area (TPSA) is 51.2 Å². The number of rotatable bonds is 3. The number of benzene rings is 1. The third-order valence-corrected chi connectivity index (χ3v) is 3.37. The van der Waals surface area contributed by atoms with Gasteiger partial charge in [0.2, 0.25) is 0 Å². The van der Waals surface area contributed by atoms with E-state index in [-0.39, 0.29) is 12.0 Å². The Balaban J connectivity index is 1.70. The van der Waals surface area contributed by atoms with Crippen LogP contribution in [0.2, 0.25) is 0 Å². The number of fused-ring (bicyclic) bond motifs is 1. The van der Waals surface area contributed by atoms with Gasteiger partial charge < -0.3 is 10.1 Å². The smallest absolute Gasteiger partial charge is 0.252 e. The van der Waals surface area contributed by atoms with Gasteiger partial charge >= 0.3 is 0 Å². The number of aromatic nitrogens is 1. The molecule has 4 nitrogen and oxygen atoms in total. The summed E-state index contributed by atoms with van der Waals surface area (Å²) in [7, 11) is 0. The highest BCUT2D eigenvalue weighted by atomic mass is 16.5. The van der Waals surface area contributed by atoms with Crippen LogP contribution in [0.4, 0.5) is 0 Å². The summed E-state index contributed by atoms with van der Waals surface area (Å²) in [4.78, 5) is 16.3. The van der Waals surface area contributed by atoms with E-state index in [2.05, 4.69) is 10.3 Å². The second-order valence-electron chi connectivity index (χ2n) is 4.76. The molecule has 1 aliphatic heterocycles. The molecule has 0 saturated carbocycles. The lowest BCUT2D eigenvalue weighted by Crippen LogP contribution is -2.31. The fraction of sp³-hybridized carbons (Fsp3) is 0.333. The van der Waals surface area contributed by atoms with E-state index in [0.29, 0.717) is 12.1 Å². The molecule has 19 heavy (non-hydrogen) atoms. The molecule has 1 saturated heterocycles. The van der Waals surface area contributed by atoms with Gasteiger partial charge in [0, 0.05) is 24.7 Å². The molecular formula is C15H16N2O2. The van der Waals surface area contributed by atoms with Gasteiger partial charge in [-0.2, -0.15) is 0 Å². The third kappa shape index (κ3) is 2.74. The lowest BCUT2D eigenvalue weighted by atomic mass is 10.1. The standard InChI is InChI=1S/C15H16N2O2/c18-15(17-10-13-5-3-7-19-13)12-8-11-4-1-2-6-14(11)16-9-12/h1-2,4,6,8-9,13H,3,5,7,10H2,(H,17,18). The van der Waals surface area contributed by atoms with Crippen LogP contribution >= 0.6 is 0 Å². The highest BCUT2D eigenvalue weighted by Gasteiger charge is 2.16. The van der Waals surface area contributed by atoms with Crippen LogP contribution in [-0.2, 0) is 4.74 Å². The molecule has 0 bridgehead atoms. The Morgan fingerprint density at radius 1 is 1.42 bits per heavy atom. The van der Waals surface area contributed by atoms with Gasteiger partial charge in [0.05, 0.1) is 17.2 Å². The van der Waals surface area contributed by atoms with Crippen molar-refractivity contribution in [3.05, 3.63) is 42.1 Å². The second-order valence-corrected chi connectivity index (χ2v) is 4.76. The lowest BCUT2D eigenvalue weighted by molar-refractivity contribution is 0.0857. The predicted octanol–water partition coefficient (Wildman–Crippen LogP) is 2.14. The summed E-state index contributed by atoms with van der Waals surface area (Å²) < 4.78 is 5.48. The normalized spacial score (nSPS) is 18.6. The van der Waals surface area contributed by atoms with Crippen LogP contribution in [0.3, 0.4) is 0 Å². The molecule has 0 aliphatic carbocycles. The highest BCUT2D eigenvalue weighted by molar-refractivity contribution is 5.97. The molecule has 1 aromatic carbocycles. The van der Waals surface area contributed by atoms with Gasteiger partial charge in [-0.1, -0.05) is 18.2 Å². The van der Waals surface area contributed by atoms with Crippen molar-refractivity contribution in [2.24, 2.45) is 0 Å². The van der Waals surface area contributed by atoms with Crippen LogP contribution in [-0.4, -0.2) is 30.1 Å². The summed E-state index contributed by atoms with van der Waals surface area (Å²) >= 11 is 0. The summed E-state index contributed by atoms with van der Waals surface area (Å²) in [5.74, 6) is -0.0891. The summed E-state index contributed by atoms with van der Waals surface area (Å²) in [5, 5.41) is 3.88. The third-order valence-electron chi connectivity index (χ3n) is 3.37. The maximum Gasteiger partial charge on any atom is 0.252 e. The van der Waals surface area contributed by atoms with Crippen molar-refractivity contribution in [2.75, 3.05) is 13.2 Å². The van der Waals surface area contributed by atoms with Gasteiger partial charge in [0.1, 0.15) is 0 Å². The van der Waals surface area contributed by atoms with Crippen LogP contribution < -0.4 is 5.32 Å². The van der Waals surface area contributed by atoms with Crippen LogP contribution in [0, 0.1) is 0 Å². The molecule has 3 rings (SSSR count). The second kappa shape index (κ2) is 5.36. The van der Waals surface area contributed by atoms with Crippen molar-refractivity contribution in [2.45, 2.75) is 18.9 Å². The molecule has 1 aromatic heterocycles. The fourth-order valence-electron chi connectivity index (χ4n) is 2.31. The largest absolute Gasteiger partial charge is 0.376 e. The Bertz CT molecular complexity index is 591. The minimum Gasteiger partial charge on any atom is -0.376 e. The van der Waals surface area contributed by atoms with Crippen molar-refractivity contribution < 1.29 is 9.53 Å². The molecule has 1 aliphatic rings. The van der Waals surface area contributed by atoms with Crippen LogP contribution in [0.15, 0.2) is 36.5 Å². The maximum atomic E-state index is 12.0. The average molecular weight is 256 g/mol. The summed E-state index contributed by atoms with van der Waals surface area (Å²) in [5.41, 5.74) is 1.50. The number of pyridine rings is 1. The summed E-state index contributed by atoms with van der Waals surface area (Å²) in [6.45, 7) is 1.38. The van der Waals surface area contributed by atoms with E-state index < -0.39 is 0 Å². The number of nitrogens with one attached hydrogen (secondary N) is 1. The minimum atomic E-state index is -0.0891. The SMILES string of the molecule is O=C(NCC1CCCO1)c1cnc2ccccc2c1. The summed E-state index contributed by atoms with van der Waals surface area (Å²) in [6.07, 6.45) is 3.89. The molecule has 98 valence electrons. The van der Waals surface area contributed by atoms with Gasteiger partial charge in [-0.15, -0.1) is 0 Å². The number of para-hydroxylation sites is 1. The maximum absolute atomic E-state index is 12.0. The fourth-order valence-corrected chi connectivity index (χ4v) is 2.31. The first-order chi connectivity index (χ1) is 9.33. The average Bonchev–Trinajstić information content (AvgIpc) is 2.97. The van der Waals surface area contributed by atoms with Crippen LogP contribution in [0.5, 0.6) is 0 Å². The van der Waals surface area contributed by atoms with Gasteiger partial charge in [0.25, 0.3) is 5.91 Å². The van der Waals surface area contributed by atoms with Crippen molar-refractivity contribution >= 4 is 16.8 Å².